The van der Waals surface area contributed by atoms with Crippen LogP contribution in [-0.2, 0) is 13.6 Å². The van der Waals surface area contributed by atoms with Crippen molar-refractivity contribution in [3.05, 3.63) is 35.4 Å². The predicted molar refractivity (Wildman–Crippen MR) is 93.1 cm³/mol. The Balaban J connectivity index is 2.03. The first-order valence-corrected chi connectivity index (χ1v) is 8.14. The Morgan fingerprint density at radius 2 is 2.12 bits per heavy atom. The highest BCUT2D eigenvalue weighted by Gasteiger charge is 2.19. The fourth-order valence-corrected chi connectivity index (χ4v) is 2.81. The van der Waals surface area contributed by atoms with Gasteiger partial charge in [0.05, 0.1) is 28.5 Å². The SMILES string of the molecule is CCCCn1nc(C)c2c(C(=O)Nc3cnn(C)c3)cc(C)nc21. The van der Waals surface area contributed by atoms with Crippen molar-refractivity contribution in [3.63, 3.8) is 0 Å². The van der Waals surface area contributed by atoms with E-state index in [9.17, 15) is 4.79 Å². The maximum atomic E-state index is 12.8. The van der Waals surface area contributed by atoms with Gasteiger partial charge in [0.25, 0.3) is 5.91 Å². The van der Waals surface area contributed by atoms with Crippen LogP contribution in [0.5, 0.6) is 0 Å². The molecule has 7 heteroatoms. The third kappa shape index (κ3) is 3.02. The monoisotopic (exact) mass is 326 g/mol. The van der Waals surface area contributed by atoms with E-state index in [1.165, 1.54) is 0 Å². The van der Waals surface area contributed by atoms with Gasteiger partial charge in [0.1, 0.15) is 0 Å². The molecule has 0 fully saturated rings. The Bertz CT molecular complexity index is 892. The zero-order valence-corrected chi connectivity index (χ0v) is 14.5. The van der Waals surface area contributed by atoms with Crippen LogP contribution in [0.2, 0.25) is 0 Å². The number of rotatable bonds is 5. The van der Waals surface area contributed by atoms with Crippen molar-refractivity contribution < 1.29 is 4.79 Å². The zero-order chi connectivity index (χ0) is 17.3. The van der Waals surface area contributed by atoms with E-state index in [0.717, 1.165) is 41.8 Å². The van der Waals surface area contributed by atoms with Crippen LogP contribution in [0.3, 0.4) is 0 Å². The molecule has 0 unspecified atom stereocenters. The average molecular weight is 326 g/mol. The van der Waals surface area contributed by atoms with Gasteiger partial charge in [-0.2, -0.15) is 10.2 Å². The van der Waals surface area contributed by atoms with Crippen LogP contribution in [0.4, 0.5) is 5.69 Å². The lowest BCUT2D eigenvalue weighted by molar-refractivity contribution is 0.102. The summed E-state index contributed by atoms with van der Waals surface area (Å²) in [6.07, 6.45) is 5.50. The molecule has 0 aliphatic carbocycles. The first kappa shape index (κ1) is 16.2. The van der Waals surface area contributed by atoms with Gasteiger partial charge < -0.3 is 5.32 Å². The van der Waals surface area contributed by atoms with Crippen molar-refractivity contribution in [1.82, 2.24) is 24.5 Å². The molecule has 0 spiro atoms. The lowest BCUT2D eigenvalue weighted by Crippen LogP contribution is -2.13. The lowest BCUT2D eigenvalue weighted by Gasteiger charge is -2.07. The molecule has 0 aliphatic rings. The van der Waals surface area contributed by atoms with Crippen LogP contribution >= 0.6 is 0 Å². The molecule has 1 N–H and O–H groups in total. The molecule has 3 aromatic heterocycles. The second kappa shape index (κ2) is 6.43. The Labute approximate surface area is 140 Å². The quantitative estimate of drug-likeness (QED) is 0.782. The van der Waals surface area contributed by atoms with E-state index in [-0.39, 0.29) is 5.91 Å². The topological polar surface area (TPSA) is 77.6 Å². The lowest BCUT2D eigenvalue weighted by atomic mass is 10.1. The number of hydrogen-bond acceptors (Lipinski definition) is 4. The molecule has 24 heavy (non-hydrogen) atoms. The smallest absolute Gasteiger partial charge is 0.256 e. The normalized spacial score (nSPS) is 11.2. The van der Waals surface area contributed by atoms with Crippen LogP contribution < -0.4 is 5.32 Å². The highest BCUT2D eigenvalue weighted by molar-refractivity contribution is 6.12. The predicted octanol–water partition coefficient (Wildman–Crippen LogP) is 2.83. The number of hydrogen-bond donors (Lipinski definition) is 1. The van der Waals surface area contributed by atoms with Crippen LogP contribution in [0, 0.1) is 13.8 Å². The first-order valence-electron chi connectivity index (χ1n) is 8.14. The highest BCUT2D eigenvalue weighted by atomic mass is 16.1. The van der Waals surface area contributed by atoms with Crippen molar-refractivity contribution in [2.24, 2.45) is 7.05 Å². The molecule has 3 heterocycles. The Morgan fingerprint density at radius 3 is 2.79 bits per heavy atom. The number of carbonyl (C=O) groups excluding carboxylic acids is 1. The molecule has 3 rings (SSSR count). The van der Waals surface area contributed by atoms with Crippen molar-refractivity contribution in [1.29, 1.82) is 0 Å². The standard InChI is InChI=1S/C17H22N6O/c1-5-6-7-23-16-15(12(3)21-23)14(8-11(2)19-16)17(24)20-13-9-18-22(4)10-13/h8-10H,5-7H2,1-4H3,(H,20,24). The van der Waals surface area contributed by atoms with Gasteiger partial charge in [-0.3, -0.25) is 9.48 Å². The molecule has 0 aliphatic heterocycles. The van der Waals surface area contributed by atoms with E-state index in [1.807, 2.05) is 31.6 Å². The van der Waals surface area contributed by atoms with E-state index >= 15 is 0 Å². The van der Waals surface area contributed by atoms with Crippen LogP contribution in [0.1, 0.15) is 41.5 Å². The van der Waals surface area contributed by atoms with E-state index in [4.69, 9.17) is 0 Å². The molecule has 0 atom stereocenters. The van der Waals surface area contributed by atoms with E-state index in [1.54, 1.807) is 17.1 Å². The van der Waals surface area contributed by atoms with E-state index in [2.05, 4.69) is 27.4 Å². The van der Waals surface area contributed by atoms with E-state index < -0.39 is 0 Å². The summed E-state index contributed by atoms with van der Waals surface area (Å²) in [6, 6.07) is 1.81. The minimum atomic E-state index is -0.170. The summed E-state index contributed by atoms with van der Waals surface area (Å²) in [7, 11) is 1.81. The number of nitrogens with one attached hydrogen (secondary N) is 1. The number of pyridine rings is 1. The van der Waals surface area contributed by atoms with Crippen molar-refractivity contribution in [2.45, 2.75) is 40.2 Å². The van der Waals surface area contributed by atoms with Gasteiger partial charge in [0.2, 0.25) is 0 Å². The molecule has 0 radical (unpaired) electrons. The molecule has 126 valence electrons. The second-order valence-electron chi connectivity index (χ2n) is 6.03. The highest BCUT2D eigenvalue weighted by Crippen LogP contribution is 2.23. The summed E-state index contributed by atoms with van der Waals surface area (Å²) in [5.41, 5.74) is 3.67. The number of anilines is 1. The fourth-order valence-electron chi connectivity index (χ4n) is 2.81. The Morgan fingerprint density at radius 1 is 1.33 bits per heavy atom. The maximum absolute atomic E-state index is 12.8. The van der Waals surface area contributed by atoms with Gasteiger partial charge in [0, 0.05) is 25.5 Å². The molecule has 0 bridgehead atoms. The van der Waals surface area contributed by atoms with Gasteiger partial charge >= 0.3 is 0 Å². The minimum Gasteiger partial charge on any atom is -0.319 e. The molecule has 7 nitrogen and oxygen atoms in total. The number of aryl methyl sites for hydroxylation is 4. The number of nitrogens with zero attached hydrogens (tertiary/aromatic N) is 5. The van der Waals surface area contributed by atoms with Crippen LogP contribution in [0.25, 0.3) is 11.0 Å². The van der Waals surface area contributed by atoms with Crippen molar-refractivity contribution in [2.75, 3.05) is 5.32 Å². The van der Waals surface area contributed by atoms with Crippen LogP contribution in [-0.4, -0.2) is 30.5 Å². The van der Waals surface area contributed by atoms with Gasteiger partial charge in [0.15, 0.2) is 5.65 Å². The fraction of sp³-hybridized carbons (Fsp3) is 0.412. The number of unbranched alkanes of at least 4 members (excludes halogenated alkanes) is 1. The molecule has 3 aromatic rings. The Kier molecular flexibility index (Phi) is 4.33. The van der Waals surface area contributed by atoms with Crippen molar-refractivity contribution in [3.8, 4) is 0 Å². The third-order valence-electron chi connectivity index (χ3n) is 3.94. The summed E-state index contributed by atoms with van der Waals surface area (Å²) in [4.78, 5) is 17.4. The number of aromatic nitrogens is 5. The van der Waals surface area contributed by atoms with Gasteiger partial charge in [-0.1, -0.05) is 13.3 Å². The Hall–Kier alpha value is -2.70. The largest absolute Gasteiger partial charge is 0.319 e. The molecule has 1 amide bonds. The zero-order valence-electron chi connectivity index (χ0n) is 14.5. The van der Waals surface area contributed by atoms with E-state index in [0.29, 0.717) is 11.3 Å². The van der Waals surface area contributed by atoms with Gasteiger partial charge in [-0.05, 0) is 26.3 Å². The van der Waals surface area contributed by atoms with Crippen molar-refractivity contribution >= 4 is 22.6 Å². The molecule has 0 saturated heterocycles. The van der Waals surface area contributed by atoms with Crippen LogP contribution in [0.15, 0.2) is 18.5 Å². The third-order valence-corrected chi connectivity index (χ3v) is 3.94. The molecular formula is C17H22N6O. The minimum absolute atomic E-state index is 0.170. The summed E-state index contributed by atoms with van der Waals surface area (Å²) in [6.45, 7) is 6.76. The second-order valence-corrected chi connectivity index (χ2v) is 6.03. The van der Waals surface area contributed by atoms with Gasteiger partial charge in [-0.15, -0.1) is 0 Å². The maximum Gasteiger partial charge on any atom is 0.256 e. The average Bonchev–Trinajstić information content (AvgIpc) is 3.08. The number of amides is 1. The summed E-state index contributed by atoms with van der Waals surface area (Å²) < 4.78 is 3.55. The molecular weight excluding hydrogens is 304 g/mol. The number of carbonyl (C=O) groups is 1. The first-order chi connectivity index (χ1) is 11.5. The number of fused-ring (bicyclic) bond motifs is 1. The summed E-state index contributed by atoms with van der Waals surface area (Å²) >= 11 is 0. The molecule has 0 saturated carbocycles. The molecule has 0 aromatic carbocycles. The summed E-state index contributed by atoms with van der Waals surface area (Å²) in [5.74, 6) is -0.170. The van der Waals surface area contributed by atoms with Gasteiger partial charge in [-0.25, -0.2) is 9.67 Å². The summed E-state index contributed by atoms with van der Waals surface area (Å²) in [5, 5.41) is 12.4.